The summed E-state index contributed by atoms with van der Waals surface area (Å²) in [6.07, 6.45) is -0.329. The van der Waals surface area contributed by atoms with Crippen molar-refractivity contribution in [2.24, 2.45) is 0 Å². The van der Waals surface area contributed by atoms with Gasteiger partial charge in [0.15, 0.2) is 0 Å². The summed E-state index contributed by atoms with van der Waals surface area (Å²) in [6, 6.07) is 0.0902. The molecule has 1 unspecified atom stereocenters. The van der Waals surface area contributed by atoms with E-state index in [2.05, 4.69) is 4.74 Å². The van der Waals surface area contributed by atoms with Crippen LogP contribution in [-0.2, 0) is 9.47 Å². The molecule has 12 heavy (non-hydrogen) atoms. The second-order valence-corrected chi connectivity index (χ2v) is 3.45. The number of methoxy groups -OCH3 is 1. The van der Waals surface area contributed by atoms with Crippen molar-refractivity contribution >= 4 is 6.09 Å². The number of hydrogen-bond donors (Lipinski definition) is 0. The van der Waals surface area contributed by atoms with E-state index in [1.807, 2.05) is 20.8 Å². The summed E-state index contributed by atoms with van der Waals surface area (Å²) in [6.45, 7) is 6.22. The van der Waals surface area contributed by atoms with Crippen molar-refractivity contribution in [3.05, 3.63) is 0 Å². The molecule has 0 N–H and O–H groups in total. The van der Waals surface area contributed by atoms with Gasteiger partial charge in [0.05, 0.1) is 19.8 Å². The molecule has 1 atom stereocenters. The molecule has 0 aromatic rings. The summed E-state index contributed by atoms with van der Waals surface area (Å²) in [5.74, 6) is 0. The van der Waals surface area contributed by atoms with Crippen molar-refractivity contribution in [3.63, 3.8) is 0 Å². The standard InChI is InChI=1S/C8H15NO3/c1-6-5-12-8(2,3)9(6)7(10)11-4/h6H,5H2,1-4H3. The largest absolute Gasteiger partial charge is 0.453 e. The molecule has 0 aromatic heterocycles. The molecule has 0 aliphatic carbocycles. The van der Waals surface area contributed by atoms with Crippen LogP contribution in [0.15, 0.2) is 0 Å². The van der Waals surface area contributed by atoms with Crippen molar-refractivity contribution in [1.29, 1.82) is 0 Å². The third kappa shape index (κ3) is 1.39. The molecule has 0 radical (unpaired) electrons. The van der Waals surface area contributed by atoms with Crippen LogP contribution in [0.3, 0.4) is 0 Å². The summed E-state index contributed by atoms with van der Waals surface area (Å²) in [4.78, 5) is 12.9. The number of nitrogens with zero attached hydrogens (tertiary/aromatic N) is 1. The number of hydrogen-bond acceptors (Lipinski definition) is 3. The Morgan fingerprint density at radius 1 is 1.67 bits per heavy atom. The maximum Gasteiger partial charge on any atom is 0.412 e. The van der Waals surface area contributed by atoms with E-state index in [9.17, 15) is 4.79 Å². The Morgan fingerprint density at radius 3 is 2.58 bits per heavy atom. The first kappa shape index (κ1) is 9.32. The van der Waals surface area contributed by atoms with E-state index in [1.165, 1.54) is 7.11 Å². The molecular weight excluding hydrogens is 158 g/mol. The lowest BCUT2D eigenvalue weighted by Crippen LogP contribution is -2.46. The number of rotatable bonds is 0. The highest BCUT2D eigenvalue weighted by Crippen LogP contribution is 2.27. The van der Waals surface area contributed by atoms with Crippen molar-refractivity contribution in [2.75, 3.05) is 13.7 Å². The zero-order valence-electron chi connectivity index (χ0n) is 7.96. The monoisotopic (exact) mass is 173 g/mol. The molecule has 1 fully saturated rings. The lowest BCUT2D eigenvalue weighted by Gasteiger charge is -2.30. The smallest absolute Gasteiger partial charge is 0.412 e. The molecule has 1 heterocycles. The highest BCUT2D eigenvalue weighted by atomic mass is 16.6. The summed E-state index contributed by atoms with van der Waals surface area (Å²) >= 11 is 0. The zero-order valence-corrected chi connectivity index (χ0v) is 7.96. The summed E-state index contributed by atoms with van der Waals surface area (Å²) in [5.41, 5.74) is -0.535. The molecule has 1 saturated heterocycles. The van der Waals surface area contributed by atoms with Crippen LogP contribution in [0, 0.1) is 0 Å². The zero-order chi connectivity index (χ0) is 9.35. The van der Waals surface area contributed by atoms with Gasteiger partial charge in [0.1, 0.15) is 5.72 Å². The van der Waals surface area contributed by atoms with E-state index >= 15 is 0 Å². The van der Waals surface area contributed by atoms with Gasteiger partial charge in [-0.25, -0.2) is 4.79 Å². The third-order valence-corrected chi connectivity index (χ3v) is 2.07. The van der Waals surface area contributed by atoms with Crippen molar-refractivity contribution in [3.8, 4) is 0 Å². The molecule has 4 nitrogen and oxygen atoms in total. The second kappa shape index (κ2) is 2.94. The summed E-state index contributed by atoms with van der Waals surface area (Å²) in [7, 11) is 1.38. The maximum atomic E-state index is 11.3. The molecule has 1 aliphatic rings. The molecule has 0 saturated carbocycles. The lowest BCUT2D eigenvalue weighted by molar-refractivity contribution is -0.0445. The average Bonchev–Trinajstić information content (AvgIpc) is 2.25. The van der Waals surface area contributed by atoms with Crippen molar-refractivity contribution < 1.29 is 14.3 Å². The molecule has 1 rings (SSSR count). The topological polar surface area (TPSA) is 38.8 Å². The Kier molecular flexibility index (Phi) is 2.28. The fraction of sp³-hybridized carbons (Fsp3) is 0.875. The molecule has 0 bridgehead atoms. The quantitative estimate of drug-likeness (QED) is 0.552. The molecule has 0 aromatic carbocycles. The number of carbonyl (C=O) groups excluding carboxylic acids is 1. The molecule has 4 heteroatoms. The van der Waals surface area contributed by atoms with Crippen molar-refractivity contribution in [1.82, 2.24) is 4.90 Å². The molecule has 1 aliphatic heterocycles. The van der Waals surface area contributed by atoms with Gasteiger partial charge in [-0.2, -0.15) is 0 Å². The average molecular weight is 173 g/mol. The normalized spacial score (nSPS) is 27.3. The first-order valence-corrected chi connectivity index (χ1v) is 4.00. The van der Waals surface area contributed by atoms with Crippen LogP contribution in [0.1, 0.15) is 20.8 Å². The first-order valence-electron chi connectivity index (χ1n) is 4.00. The second-order valence-electron chi connectivity index (χ2n) is 3.45. The van der Waals surface area contributed by atoms with E-state index in [0.717, 1.165) is 0 Å². The fourth-order valence-electron chi connectivity index (χ4n) is 1.50. The van der Waals surface area contributed by atoms with E-state index in [4.69, 9.17) is 4.74 Å². The Bertz CT molecular complexity index is 191. The Hall–Kier alpha value is -0.770. The highest BCUT2D eigenvalue weighted by molar-refractivity contribution is 5.68. The van der Waals surface area contributed by atoms with Gasteiger partial charge in [-0.3, -0.25) is 4.90 Å². The van der Waals surface area contributed by atoms with Gasteiger partial charge in [0.25, 0.3) is 0 Å². The molecule has 70 valence electrons. The maximum absolute atomic E-state index is 11.3. The molecular formula is C8H15NO3. The van der Waals surface area contributed by atoms with E-state index < -0.39 is 5.72 Å². The highest BCUT2D eigenvalue weighted by Gasteiger charge is 2.42. The fourth-order valence-corrected chi connectivity index (χ4v) is 1.50. The predicted molar refractivity (Wildman–Crippen MR) is 43.7 cm³/mol. The minimum Gasteiger partial charge on any atom is -0.453 e. The third-order valence-electron chi connectivity index (χ3n) is 2.07. The Labute approximate surface area is 72.4 Å². The Morgan fingerprint density at radius 2 is 2.25 bits per heavy atom. The van der Waals surface area contributed by atoms with Gasteiger partial charge < -0.3 is 9.47 Å². The Balaban J connectivity index is 2.78. The molecule has 1 amide bonds. The summed E-state index contributed by atoms with van der Waals surface area (Å²) in [5, 5.41) is 0. The summed E-state index contributed by atoms with van der Waals surface area (Å²) < 4.78 is 10.1. The van der Waals surface area contributed by atoms with Gasteiger partial charge in [-0.1, -0.05) is 0 Å². The van der Waals surface area contributed by atoms with Crippen LogP contribution in [0.25, 0.3) is 0 Å². The lowest BCUT2D eigenvalue weighted by atomic mass is 10.2. The number of ether oxygens (including phenoxy) is 2. The van der Waals surface area contributed by atoms with Crippen LogP contribution >= 0.6 is 0 Å². The van der Waals surface area contributed by atoms with Gasteiger partial charge in [0.2, 0.25) is 0 Å². The van der Waals surface area contributed by atoms with Crippen molar-refractivity contribution in [2.45, 2.75) is 32.5 Å². The number of amides is 1. The van der Waals surface area contributed by atoms with Gasteiger partial charge in [-0.05, 0) is 20.8 Å². The van der Waals surface area contributed by atoms with E-state index in [0.29, 0.717) is 6.61 Å². The van der Waals surface area contributed by atoms with Crippen LogP contribution in [0.4, 0.5) is 4.79 Å². The van der Waals surface area contributed by atoms with E-state index in [-0.39, 0.29) is 12.1 Å². The number of carbonyl (C=O) groups is 1. The van der Waals surface area contributed by atoms with Crippen LogP contribution in [-0.4, -0.2) is 36.5 Å². The van der Waals surface area contributed by atoms with E-state index in [1.54, 1.807) is 4.90 Å². The minimum absolute atomic E-state index is 0.0902. The van der Waals surface area contributed by atoms with Gasteiger partial charge in [-0.15, -0.1) is 0 Å². The SMILES string of the molecule is COC(=O)N1C(C)COC1(C)C. The first-order chi connectivity index (χ1) is 5.49. The minimum atomic E-state index is -0.535. The van der Waals surface area contributed by atoms with Crippen LogP contribution in [0.2, 0.25) is 0 Å². The van der Waals surface area contributed by atoms with Crippen LogP contribution < -0.4 is 0 Å². The van der Waals surface area contributed by atoms with Gasteiger partial charge in [0, 0.05) is 0 Å². The predicted octanol–water partition coefficient (Wildman–Crippen LogP) is 1.21. The van der Waals surface area contributed by atoms with Gasteiger partial charge >= 0.3 is 6.09 Å². The van der Waals surface area contributed by atoms with Crippen LogP contribution in [0.5, 0.6) is 0 Å². The molecule has 0 spiro atoms.